The van der Waals surface area contributed by atoms with E-state index in [2.05, 4.69) is 78.7 Å². The number of hydrogen-bond acceptors (Lipinski definition) is 1. The van der Waals surface area contributed by atoms with Crippen LogP contribution < -0.4 is 4.74 Å². The zero-order valence-corrected chi connectivity index (χ0v) is 15.7. The lowest BCUT2D eigenvalue weighted by molar-refractivity contribution is 0.409. The molecule has 4 heteroatoms. The molecule has 0 aliphatic rings. The van der Waals surface area contributed by atoms with Gasteiger partial charge in [-0.25, -0.2) is 0 Å². The highest BCUT2D eigenvalue weighted by Crippen LogP contribution is 2.34. The highest BCUT2D eigenvalue weighted by molar-refractivity contribution is 14.1. The molecule has 0 saturated carbocycles. The summed E-state index contributed by atoms with van der Waals surface area (Å²) in [5, 5.41) is 0. The summed E-state index contributed by atoms with van der Waals surface area (Å²) in [5.74, 6) is 0.942. The van der Waals surface area contributed by atoms with Crippen LogP contribution >= 0.6 is 54.5 Å². The Hall–Kier alpha value is -0.0700. The predicted octanol–water partition coefficient (Wildman–Crippen LogP) is 5.74. The summed E-state index contributed by atoms with van der Waals surface area (Å²) in [6.07, 6.45) is 0.899. The van der Waals surface area contributed by atoms with Crippen LogP contribution in [-0.4, -0.2) is 7.11 Å². The van der Waals surface area contributed by atoms with Crippen molar-refractivity contribution in [2.24, 2.45) is 0 Å². The molecular weight excluding hydrogens is 483 g/mol. The highest BCUT2D eigenvalue weighted by atomic mass is 127. The third-order valence-electron chi connectivity index (χ3n) is 2.89. The maximum Gasteiger partial charge on any atom is 0.122 e. The first-order chi connectivity index (χ1) is 9.11. The van der Waals surface area contributed by atoms with Crippen LogP contribution in [0.15, 0.2) is 46.9 Å². The molecule has 0 heterocycles. The van der Waals surface area contributed by atoms with Crippen molar-refractivity contribution in [2.45, 2.75) is 11.2 Å². The van der Waals surface area contributed by atoms with Crippen molar-refractivity contribution in [2.75, 3.05) is 7.11 Å². The van der Waals surface area contributed by atoms with Crippen LogP contribution in [0.3, 0.4) is 0 Å². The molecule has 0 aliphatic heterocycles. The Morgan fingerprint density at radius 2 is 1.95 bits per heavy atom. The quantitative estimate of drug-likeness (QED) is 0.388. The van der Waals surface area contributed by atoms with Gasteiger partial charge in [-0.1, -0.05) is 50.1 Å². The number of alkyl halides is 1. The van der Waals surface area contributed by atoms with Gasteiger partial charge in [0.2, 0.25) is 0 Å². The highest BCUT2D eigenvalue weighted by Gasteiger charge is 2.14. The lowest BCUT2D eigenvalue weighted by atomic mass is 10.0. The van der Waals surface area contributed by atoms with Crippen LogP contribution in [0.5, 0.6) is 5.75 Å². The lowest BCUT2D eigenvalue weighted by Gasteiger charge is -2.15. The smallest absolute Gasteiger partial charge is 0.122 e. The first-order valence-corrected chi connectivity index (χ1v) is 8.61. The van der Waals surface area contributed by atoms with Crippen LogP contribution in [0.2, 0.25) is 0 Å². The maximum absolute atomic E-state index is 5.40. The summed E-state index contributed by atoms with van der Waals surface area (Å²) in [4.78, 5) is 0.271. The van der Waals surface area contributed by atoms with Gasteiger partial charge >= 0.3 is 0 Å². The van der Waals surface area contributed by atoms with Crippen molar-refractivity contribution >= 4 is 54.5 Å². The Labute approximate surface area is 144 Å². The Morgan fingerprint density at radius 1 is 1.21 bits per heavy atom. The SMILES string of the molecule is COc1ccccc1CC(Br)c1cc(Br)ccc1I. The average Bonchev–Trinajstić information content (AvgIpc) is 2.42. The molecule has 0 fully saturated rings. The molecule has 1 nitrogen and oxygen atoms in total. The molecule has 0 aromatic heterocycles. The van der Waals surface area contributed by atoms with Gasteiger partial charge in [0.1, 0.15) is 5.75 Å². The summed E-state index contributed by atoms with van der Waals surface area (Å²) in [6.45, 7) is 0. The number of benzene rings is 2. The molecule has 19 heavy (non-hydrogen) atoms. The average molecular weight is 496 g/mol. The van der Waals surface area contributed by atoms with Crippen LogP contribution in [0.4, 0.5) is 0 Å². The molecule has 0 aliphatic carbocycles. The molecule has 2 aromatic carbocycles. The summed E-state index contributed by atoms with van der Waals surface area (Å²) >= 11 is 9.69. The van der Waals surface area contributed by atoms with Crippen molar-refractivity contribution in [3.05, 3.63) is 61.6 Å². The van der Waals surface area contributed by atoms with E-state index in [0.29, 0.717) is 0 Å². The topological polar surface area (TPSA) is 9.23 Å². The van der Waals surface area contributed by atoms with Gasteiger partial charge < -0.3 is 4.74 Å². The first kappa shape index (κ1) is 15.3. The normalized spacial score (nSPS) is 12.2. The Morgan fingerprint density at radius 3 is 2.68 bits per heavy atom. The lowest BCUT2D eigenvalue weighted by Crippen LogP contribution is -2.00. The number of methoxy groups -OCH3 is 1. The molecular formula is C15H13Br2IO. The Balaban J connectivity index is 2.25. The fraction of sp³-hybridized carbons (Fsp3) is 0.200. The third kappa shape index (κ3) is 3.95. The molecule has 0 radical (unpaired) electrons. The van der Waals surface area contributed by atoms with Gasteiger partial charge in [-0.2, -0.15) is 0 Å². The number of hydrogen-bond donors (Lipinski definition) is 0. The number of rotatable bonds is 4. The maximum atomic E-state index is 5.40. The summed E-state index contributed by atoms with van der Waals surface area (Å²) in [5.41, 5.74) is 2.50. The second-order valence-electron chi connectivity index (χ2n) is 4.15. The molecule has 0 N–H and O–H groups in total. The fourth-order valence-corrected chi connectivity index (χ4v) is 4.18. The van der Waals surface area contributed by atoms with Gasteiger partial charge in [-0.3, -0.25) is 0 Å². The van der Waals surface area contributed by atoms with Crippen molar-refractivity contribution < 1.29 is 4.74 Å². The van der Waals surface area contributed by atoms with Gasteiger partial charge in [0.05, 0.1) is 7.11 Å². The largest absolute Gasteiger partial charge is 0.496 e. The predicted molar refractivity (Wildman–Crippen MR) is 95.2 cm³/mol. The van der Waals surface area contributed by atoms with E-state index in [1.165, 1.54) is 14.7 Å². The zero-order valence-electron chi connectivity index (χ0n) is 10.4. The van der Waals surface area contributed by atoms with Gasteiger partial charge in [0, 0.05) is 12.9 Å². The first-order valence-electron chi connectivity index (χ1n) is 5.82. The molecule has 0 spiro atoms. The van der Waals surface area contributed by atoms with Gasteiger partial charge in [0.25, 0.3) is 0 Å². The van der Waals surface area contributed by atoms with Gasteiger partial charge in [-0.05, 0) is 64.4 Å². The second kappa shape index (κ2) is 7.09. The molecule has 0 amide bonds. The van der Waals surface area contributed by atoms with Crippen LogP contribution in [0, 0.1) is 3.57 Å². The van der Waals surface area contributed by atoms with Crippen molar-refractivity contribution in [1.82, 2.24) is 0 Å². The fourth-order valence-electron chi connectivity index (χ4n) is 1.93. The van der Waals surface area contributed by atoms with E-state index in [0.717, 1.165) is 16.6 Å². The minimum Gasteiger partial charge on any atom is -0.496 e. The monoisotopic (exact) mass is 494 g/mol. The van der Waals surface area contributed by atoms with Gasteiger partial charge in [-0.15, -0.1) is 0 Å². The van der Waals surface area contributed by atoms with Gasteiger partial charge in [0.15, 0.2) is 0 Å². The molecule has 1 unspecified atom stereocenters. The van der Waals surface area contributed by atoms with E-state index in [1.807, 2.05) is 18.2 Å². The van der Waals surface area contributed by atoms with Crippen LogP contribution in [0.25, 0.3) is 0 Å². The minimum absolute atomic E-state index is 0.271. The Bertz CT molecular complexity index is 572. The minimum atomic E-state index is 0.271. The van der Waals surface area contributed by atoms with Crippen LogP contribution in [-0.2, 0) is 6.42 Å². The van der Waals surface area contributed by atoms with E-state index in [4.69, 9.17) is 4.74 Å². The van der Waals surface area contributed by atoms with Crippen LogP contribution in [0.1, 0.15) is 16.0 Å². The molecule has 2 rings (SSSR count). The van der Waals surface area contributed by atoms with E-state index >= 15 is 0 Å². The number of ether oxygens (including phenoxy) is 1. The summed E-state index contributed by atoms with van der Waals surface area (Å²) in [7, 11) is 1.71. The standard InChI is InChI=1S/C15H13Br2IO/c1-19-15-5-3-2-4-10(15)8-13(17)12-9-11(16)6-7-14(12)18/h2-7,9,13H,8H2,1H3. The van der Waals surface area contributed by atoms with Crippen molar-refractivity contribution in [1.29, 1.82) is 0 Å². The summed E-state index contributed by atoms with van der Waals surface area (Å²) in [6, 6.07) is 14.5. The number of halogens is 3. The third-order valence-corrected chi connectivity index (χ3v) is 5.18. The van der Waals surface area contributed by atoms with E-state index < -0.39 is 0 Å². The van der Waals surface area contributed by atoms with Crippen molar-refractivity contribution in [3.63, 3.8) is 0 Å². The van der Waals surface area contributed by atoms with E-state index in [1.54, 1.807) is 7.11 Å². The molecule has 0 saturated heterocycles. The van der Waals surface area contributed by atoms with E-state index in [-0.39, 0.29) is 4.83 Å². The Kier molecular flexibility index (Phi) is 5.71. The summed E-state index contributed by atoms with van der Waals surface area (Å²) < 4.78 is 7.77. The van der Waals surface area contributed by atoms with Crippen molar-refractivity contribution in [3.8, 4) is 5.75 Å². The molecule has 2 aromatic rings. The zero-order chi connectivity index (χ0) is 13.8. The molecule has 0 bridgehead atoms. The molecule has 100 valence electrons. The second-order valence-corrected chi connectivity index (χ2v) is 7.33. The molecule has 1 atom stereocenters. The van der Waals surface area contributed by atoms with E-state index in [9.17, 15) is 0 Å². The number of para-hydroxylation sites is 1.